The molecule has 94 valence electrons. The molecule has 2 aliphatic carbocycles. The van der Waals surface area contributed by atoms with Crippen molar-refractivity contribution in [1.82, 2.24) is 10.3 Å². The molecule has 3 rings (SSSR count). The number of aromatic nitrogens is 1. The first-order valence-corrected chi connectivity index (χ1v) is 7.90. The first-order valence-electron chi connectivity index (χ1n) is 7.08. The second-order valence-corrected chi connectivity index (χ2v) is 6.61. The highest BCUT2D eigenvalue weighted by molar-refractivity contribution is 7.11. The first kappa shape index (κ1) is 11.7. The van der Waals surface area contributed by atoms with Crippen LogP contribution in [0.3, 0.4) is 0 Å². The topological polar surface area (TPSA) is 24.9 Å². The van der Waals surface area contributed by atoms with Crippen molar-refractivity contribution < 1.29 is 0 Å². The maximum absolute atomic E-state index is 4.90. The molecule has 0 spiro atoms. The Hall–Kier alpha value is -0.410. The SMILES string of the molecule is CCCc1nc2c(s1)CCCC2CNC1CC1. The van der Waals surface area contributed by atoms with Crippen LogP contribution in [0.25, 0.3) is 0 Å². The summed E-state index contributed by atoms with van der Waals surface area (Å²) in [6.45, 7) is 3.40. The number of fused-ring (bicyclic) bond motifs is 1. The number of nitrogens with zero attached hydrogens (tertiary/aromatic N) is 1. The molecule has 1 atom stereocenters. The van der Waals surface area contributed by atoms with E-state index in [1.165, 1.54) is 55.6 Å². The van der Waals surface area contributed by atoms with E-state index in [1.54, 1.807) is 4.88 Å². The fourth-order valence-corrected chi connectivity index (χ4v) is 3.97. The quantitative estimate of drug-likeness (QED) is 0.867. The zero-order valence-electron chi connectivity index (χ0n) is 10.7. The molecule has 0 radical (unpaired) electrons. The van der Waals surface area contributed by atoms with Gasteiger partial charge in [0.15, 0.2) is 0 Å². The largest absolute Gasteiger partial charge is 0.313 e. The summed E-state index contributed by atoms with van der Waals surface area (Å²) in [6.07, 6.45) is 9.13. The van der Waals surface area contributed by atoms with Gasteiger partial charge in [-0.3, -0.25) is 0 Å². The molecule has 1 fully saturated rings. The lowest BCUT2D eigenvalue weighted by Gasteiger charge is -2.21. The molecule has 2 nitrogen and oxygen atoms in total. The molecule has 1 N–H and O–H groups in total. The van der Waals surface area contributed by atoms with Crippen molar-refractivity contribution in [3.8, 4) is 0 Å². The van der Waals surface area contributed by atoms with Gasteiger partial charge >= 0.3 is 0 Å². The number of hydrogen-bond donors (Lipinski definition) is 1. The van der Waals surface area contributed by atoms with Crippen LogP contribution in [0, 0.1) is 0 Å². The first-order chi connectivity index (χ1) is 8.36. The van der Waals surface area contributed by atoms with Crippen LogP contribution in [-0.2, 0) is 12.8 Å². The highest BCUT2D eigenvalue weighted by Gasteiger charge is 2.27. The summed E-state index contributed by atoms with van der Waals surface area (Å²) in [5.41, 5.74) is 1.44. The van der Waals surface area contributed by atoms with Gasteiger partial charge in [-0.2, -0.15) is 0 Å². The van der Waals surface area contributed by atoms with Crippen molar-refractivity contribution in [3.63, 3.8) is 0 Å². The molecule has 3 heteroatoms. The summed E-state index contributed by atoms with van der Waals surface area (Å²) >= 11 is 1.97. The van der Waals surface area contributed by atoms with Crippen molar-refractivity contribution in [3.05, 3.63) is 15.6 Å². The predicted octanol–water partition coefficient (Wildman–Crippen LogP) is 3.27. The summed E-state index contributed by atoms with van der Waals surface area (Å²) in [5.74, 6) is 0.696. The van der Waals surface area contributed by atoms with Gasteiger partial charge in [0.1, 0.15) is 0 Å². The fraction of sp³-hybridized carbons (Fsp3) is 0.786. The Morgan fingerprint density at radius 2 is 2.24 bits per heavy atom. The molecule has 1 heterocycles. The Kier molecular flexibility index (Phi) is 3.48. The third-order valence-electron chi connectivity index (χ3n) is 3.81. The summed E-state index contributed by atoms with van der Waals surface area (Å²) in [7, 11) is 0. The van der Waals surface area contributed by atoms with Crippen LogP contribution in [0.1, 0.15) is 60.5 Å². The standard InChI is InChI=1S/C14H22N2S/c1-2-4-13-16-14-10(9-15-11-7-8-11)5-3-6-12(14)17-13/h10-11,15H,2-9H2,1H3. The van der Waals surface area contributed by atoms with E-state index in [1.807, 2.05) is 11.3 Å². The van der Waals surface area contributed by atoms with Gasteiger partial charge in [-0.1, -0.05) is 6.92 Å². The van der Waals surface area contributed by atoms with Gasteiger partial charge in [0, 0.05) is 23.4 Å². The monoisotopic (exact) mass is 250 g/mol. The van der Waals surface area contributed by atoms with Crippen molar-refractivity contribution in [2.24, 2.45) is 0 Å². The Morgan fingerprint density at radius 3 is 3.00 bits per heavy atom. The number of hydrogen-bond acceptors (Lipinski definition) is 3. The van der Waals surface area contributed by atoms with E-state index < -0.39 is 0 Å². The van der Waals surface area contributed by atoms with Crippen LogP contribution in [0.4, 0.5) is 0 Å². The van der Waals surface area contributed by atoms with E-state index in [0.29, 0.717) is 5.92 Å². The van der Waals surface area contributed by atoms with Crippen LogP contribution in [0.2, 0.25) is 0 Å². The van der Waals surface area contributed by atoms with E-state index in [-0.39, 0.29) is 0 Å². The van der Waals surface area contributed by atoms with E-state index >= 15 is 0 Å². The van der Waals surface area contributed by atoms with E-state index in [4.69, 9.17) is 4.98 Å². The van der Waals surface area contributed by atoms with Gasteiger partial charge in [0.05, 0.1) is 10.7 Å². The smallest absolute Gasteiger partial charge is 0.0931 e. The maximum Gasteiger partial charge on any atom is 0.0931 e. The lowest BCUT2D eigenvalue weighted by atomic mass is 9.91. The Labute approximate surface area is 108 Å². The molecule has 0 bridgehead atoms. The summed E-state index contributed by atoms with van der Waals surface area (Å²) in [5, 5.41) is 5.04. The van der Waals surface area contributed by atoms with E-state index in [0.717, 1.165) is 12.6 Å². The Balaban J connectivity index is 1.70. The average Bonchev–Trinajstić information content (AvgIpc) is 3.06. The van der Waals surface area contributed by atoms with Crippen molar-refractivity contribution in [1.29, 1.82) is 0 Å². The molecule has 2 aliphatic rings. The van der Waals surface area contributed by atoms with E-state index in [9.17, 15) is 0 Å². The van der Waals surface area contributed by atoms with Gasteiger partial charge in [0.2, 0.25) is 0 Å². The molecule has 1 saturated carbocycles. The zero-order chi connectivity index (χ0) is 11.7. The molecular formula is C14H22N2S. The van der Waals surface area contributed by atoms with Gasteiger partial charge in [0.25, 0.3) is 0 Å². The van der Waals surface area contributed by atoms with Gasteiger partial charge in [-0.15, -0.1) is 11.3 Å². The second-order valence-electron chi connectivity index (χ2n) is 5.44. The van der Waals surface area contributed by atoms with Crippen LogP contribution >= 0.6 is 11.3 Å². The molecule has 1 aromatic rings. The van der Waals surface area contributed by atoms with Crippen LogP contribution in [0.15, 0.2) is 0 Å². The summed E-state index contributed by atoms with van der Waals surface area (Å²) < 4.78 is 0. The van der Waals surface area contributed by atoms with Crippen LogP contribution < -0.4 is 5.32 Å². The number of aryl methyl sites for hydroxylation is 2. The van der Waals surface area contributed by atoms with Crippen LogP contribution in [-0.4, -0.2) is 17.6 Å². The lowest BCUT2D eigenvalue weighted by Crippen LogP contribution is -2.25. The molecular weight excluding hydrogens is 228 g/mol. The Bertz CT molecular complexity index is 382. The van der Waals surface area contributed by atoms with Crippen molar-refractivity contribution >= 4 is 11.3 Å². The zero-order valence-corrected chi connectivity index (χ0v) is 11.5. The Morgan fingerprint density at radius 1 is 1.35 bits per heavy atom. The molecule has 0 aromatic carbocycles. The fourth-order valence-electron chi connectivity index (χ4n) is 2.67. The predicted molar refractivity (Wildman–Crippen MR) is 72.8 cm³/mol. The normalized spacial score (nSPS) is 23.7. The second kappa shape index (κ2) is 5.07. The van der Waals surface area contributed by atoms with Gasteiger partial charge in [-0.25, -0.2) is 4.98 Å². The number of thiazole rings is 1. The molecule has 17 heavy (non-hydrogen) atoms. The maximum atomic E-state index is 4.90. The molecule has 1 unspecified atom stereocenters. The minimum Gasteiger partial charge on any atom is -0.313 e. The highest BCUT2D eigenvalue weighted by Crippen LogP contribution is 2.35. The van der Waals surface area contributed by atoms with Gasteiger partial charge < -0.3 is 5.32 Å². The molecule has 0 saturated heterocycles. The average molecular weight is 250 g/mol. The van der Waals surface area contributed by atoms with Crippen molar-refractivity contribution in [2.75, 3.05) is 6.54 Å². The molecule has 1 aromatic heterocycles. The lowest BCUT2D eigenvalue weighted by molar-refractivity contribution is 0.499. The van der Waals surface area contributed by atoms with Gasteiger partial charge in [-0.05, 0) is 44.9 Å². The number of rotatable bonds is 5. The molecule has 0 aliphatic heterocycles. The number of nitrogens with one attached hydrogen (secondary N) is 1. The van der Waals surface area contributed by atoms with E-state index in [2.05, 4.69) is 12.2 Å². The third kappa shape index (κ3) is 2.71. The summed E-state index contributed by atoms with van der Waals surface area (Å²) in [6, 6.07) is 0.828. The highest BCUT2D eigenvalue weighted by atomic mass is 32.1. The van der Waals surface area contributed by atoms with Crippen LogP contribution in [0.5, 0.6) is 0 Å². The molecule has 0 amide bonds. The minimum atomic E-state index is 0.696. The minimum absolute atomic E-state index is 0.696. The van der Waals surface area contributed by atoms with Crippen molar-refractivity contribution in [2.45, 2.75) is 63.8 Å². The summed E-state index contributed by atoms with van der Waals surface area (Å²) in [4.78, 5) is 6.48. The third-order valence-corrected chi connectivity index (χ3v) is 5.00.